The largest absolute Gasteiger partial charge is 0.480 e. The zero-order chi connectivity index (χ0) is 12.4. The van der Waals surface area contributed by atoms with Crippen molar-refractivity contribution < 1.29 is 9.90 Å². The Bertz CT molecular complexity index is 243. The number of thiol groups is 1. The zero-order valence-corrected chi connectivity index (χ0v) is 11.8. The van der Waals surface area contributed by atoms with Crippen molar-refractivity contribution in [3.8, 4) is 6.07 Å². The molecule has 92 valence electrons. The number of carbonyl (C=O) groups is 1. The monoisotopic (exact) mass is 279 g/mol. The van der Waals surface area contributed by atoms with Gasteiger partial charge in [-0.25, -0.2) is 0 Å². The van der Waals surface area contributed by atoms with Crippen LogP contribution in [0.3, 0.4) is 0 Å². The number of hydrogen-bond donors (Lipinski definition) is 2. The third-order valence-corrected chi connectivity index (χ3v) is 4.75. The minimum absolute atomic E-state index is 0.0848. The van der Waals surface area contributed by atoms with Crippen LogP contribution in [0.4, 0.5) is 0 Å². The minimum atomic E-state index is -0.729. The third-order valence-electron chi connectivity index (χ3n) is 2.03. The molecule has 0 aromatic rings. The minimum Gasteiger partial charge on any atom is -0.480 e. The third kappa shape index (κ3) is 7.31. The van der Waals surface area contributed by atoms with Crippen molar-refractivity contribution in [1.29, 1.82) is 5.26 Å². The Kier molecular flexibility index (Phi) is 10.2. The molecule has 2 atom stereocenters. The van der Waals surface area contributed by atoms with Crippen molar-refractivity contribution in [2.75, 3.05) is 5.75 Å². The molecule has 16 heavy (non-hydrogen) atoms. The van der Waals surface area contributed by atoms with E-state index < -0.39 is 5.97 Å². The summed E-state index contributed by atoms with van der Waals surface area (Å²) in [7, 11) is 1.25. The quantitative estimate of drug-likeness (QED) is 0.385. The Labute approximate surface area is 110 Å². The van der Waals surface area contributed by atoms with E-state index in [1.54, 1.807) is 0 Å². The average Bonchev–Trinajstić information content (AvgIpc) is 2.27. The van der Waals surface area contributed by atoms with Crippen molar-refractivity contribution in [3.05, 3.63) is 0 Å². The van der Waals surface area contributed by atoms with Crippen LogP contribution in [0, 0.1) is 11.3 Å². The van der Waals surface area contributed by atoms with Crippen LogP contribution in [-0.2, 0) is 4.79 Å². The van der Waals surface area contributed by atoms with Crippen LogP contribution in [0.1, 0.15) is 32.6 Å². The van der Waals surface area contributed by atoms with Gasteiger partial charge in [0.2, 0.25) is 0 Å². The lowest BCUT2D eigenvalue weighted by atomic mass is 10.2. The first-order valence-corrected chi connectivity index (χ1v) is 8.18. The van der Waals surface area contributed by atoms with Gasteiger partial charge < -0.3 is 5.11 Å². The van der Waals surface area contributed by atoms with E-state index in [9.17, 15) is 4.79 Å². The molecule has 0 saturated carbocycles. The number of nitrogens with zero attached hydrogens (tertiary/aromatic N) is 1. The van der Waals surface area contributed by atoms with E-state index in [0.29, 0.717) is 6.42 Å². The normalized spacial score (nSPS) is 14.1. The fourth-order valence-corrected chi connectivity index (χ4v) is 3.12. The smallest absolute Gasteiger partial charge is 0.316 e. The number of nitriles is 1. The predicted molar refractivity (Wildman–Crippen MR) is 74.0 cm³/mol. The molecule has 0 aromatic heterocycles. The first-order valence-electron chi connectivity index (χ1n) is 5.19. The molecule has 0 amide bonds. The maximum atomic E-state index is 10.8. The van der Waals surface area contributed by atoms with E-state index in [4.69, 9.17) is 10.4 Å². The van der Waals surface area contributed by atoms with Gasteiger partial charge in [0.05, 0.1) is 6.07 Å². The van der Waals surface area contributed by atoms with Gasteiger partial charge in [0, 0.05) is 0 Å². The maximum absolute atomic E-state index is 10.8. The number of hydrogen-bond acceptors (Lipinski definition) is 5. The van der Waals surface area contributed by atoms with Crippen molar-refractivity contribution >= 4 is 40.2 Å². The number of carboxylic acids is 1. The lowest BCUT2D eigenvalue weighted by molar-refractivity contribution is -0.136. The zero-order valence-electron chi connectivity index (χ0n) is 9.26. The molecule has 0 aliphatic rings. The summed E-state index contributed by atoms with van der Waals surface area (Å²) in [6.07, 6.45) is 3.24. The van der Waals surface area contributed by atoms with Crippen LogP contribution in [0.25, 0.3) is 0 Å². The Morgan fingerprint density at radius 1 is 1.56 bits per heavy atom. The summed E-state index contributed by atoms with van der Waals surface area (Å²) in [5.41, 5.74) is 0. The summed E-state index contributed by atoms with van der Waals surface area (Å²) in [6, 6.07) is 2.15. The fourth-order valence-electron chi connectivity index (χ4n) is 1.18. The van der Waals surface area contributed by atoms with Gasteiger partial charge in [0.1, 0.15) is 10.5 Å². The van der Waals surface area contributed by atoms with Crippen molar-refractivity contribution in [2.24, 2.45) is 0 Å². The number of aliphatic carboxylic acids is 1. The van der Waals surface area contributed by atoms with E-state index in [1.807, 2.05) is 6.92 Å². The van der Waals surface area contributed by atoms with Crippen LogP contribution < -0.4 is 0 Å². The Morgan fingerprint density at radius 3 is 2.69 bits per heavy atom. The standard InChI is InChI=1S/C10H17NO2S3/c1-2-4-9(10(12)13)15-6-3-5-8(7-11)16-14/h8-9,14H,2-6H2,1H3,(H,12,13). The summed E-state index contributed by atoms with van der Waals surface area (Å²) in [5, 5.41) is 17.2. The lowest BCUT2D eigenvalue weighted by Gasteiger charge is -2.10. The second-order valence-corrected chi connectivity index (χ2v) is 6.07. The van der Waals surface area contributed by atoms with Gasteiger partial charge in [-0.2, -0.15) is 5.26 Å². The topological polar surface area (TPSA) is 61.1 Å². The van der Waals surface area contributed by atoms with Crippen LogP contribution in [0.2, 0.25) is 0 Å². The molecule has 2 unspecified atom stereocenters. The van der Waals surface area contributed by atoms with Gasteiger partial charge in [0.25, 0.3) is 0 Å². The van der Waals surface area contributed by atoms with E-state index in [2.05, 4.69) is 17.7 Å². The predicted octanol–water partition coefficient (Wildman–Crippen LogP) is 3.22. The van der Waals surface area contributed by atoms with Crippen LogP contribution in [0.5, 0.6) is 0 Å². The van der Waals surface area contributed by atoms with Gasteiger partial charge in [-0.1, -0.05) is 24.1 Å². The summed E-state index contributed by atoms with van der Waals surface area (Å²) < 4.78 is 0. The van der Waals surface area contributed by atoms with Gasteiger partial charge in [0.15, 0.2) is 0 Å². The van der Waals surface area contributed by atoms with E-state index in [0.717, 1.165) is 25.0 Å². The van der Waals surface area contributed by atoms with Gasteiger partial charge in [-0.05, 0) is 25.0 Å². The molecule has 0 aliphatic carbocycles. The van der Waals surface area contributed by atoms with Crippen molar-refractivity contribution in [1.82, 2.24) is 0 Å². The summed E-state index contributed by atoms with van der Waals surface area (Å²) in [6.45, 7) is 1.99. The molecular weight excluding hydrogens is 262 g/mol. The summed E-state index contributed by atoms with van der Waals surface area (Å²) >= 11 is 5.47. The van der Waals surface area contributed by atoms with Gasteiger partial charge in [-0.3, -0.25) is 4.79 Å². The number of carboxylic acid groups (broad SMARTS) is 1. The second kappa shape index (κ2) is 10.2. The van der Waals surface area contributed by atoms with Crippen LogP contribution in [0.15, 0.2) is 0 Å². The van der Waals surface area contributed by atoms with Crippen LogP contribution >= 0.6 is 34.2 Å². The molecule has 0 bridgehead atoms. The van der Waals surface area contributed by atoms with E-state index in [-0.39, 0.29) is 10.5 Å². The molecule has 0 radical (unpaired) electrons. The summed E-state index contributed by atoms with van der Waals surface area (Å²) in [5.74, 6) is 0.0657. The Hall–Kier alpha value is 0.01000. The summed E-state index contributed by atoms with van der Waals surface area (Å²) in [4.78, 5) is 10.8. The van der Waals surface area contributed by atoms with Gasteiger partial charge >= 0.3 is 5.97 Å². The van der Waals surface area contributed by atoms with Crippen molar-refractivity contribution in [3.63, 3.8) is 0 Å². The number of thioether (sulfide) groups is 1. The molecule has 0 aromatic carbocycles. The molecule has 0 aliphatic heterocycles. The average molecular weight is 279 g/mol. The highest BCUT2D eigenvalue weighted by Gasteiger charge is 2.16. The second-order valence-electron chi connectivity index (χ2n) is 3.35. The molecule has 0 fully saturated rings. The lowest BCUT2D eigenvalue weighted by Crippen LogP contribution is -2.16. The van der Waals surface area contributed by atoms with Crippen LogP contribution in [-0.4, -0.2) is 27.3 Å². The molecule has 0 spiro atoms. The number of rotatable bonds is 9. The van der Waals surface area contributed by atoms with Gasteiger partial charge in [-0.15, -0.1) is 23.4 Å². The molecule has 0 saturated heterocycles. The van der Waals surface area contributed by atoms with E-state index in [1.165, 1.54) is 22.6 Å². The molecule has 1 N–H and O–H groups in total. The maximum Gasteiger partial charge on any atom is 0.316 e. The highest BCUT2D eigenvalue weighted by atomic mass is 33.1. The molecule has 6 heteroatoms. The fraction of sp³-hybridized carbons (Fsp3) is 0.800. The SMILES string of the molecule is CCCC(SCCCC(C#N)SS)C(=O)O. The van der Waals surface area contributed by atoms with E-state index >= 15 is 0 Å². The Morgan fingerprint density at radius 2 is 2.25 bits per heavy atom. The highest BCUT2D eigenvalue weighted by Crippen LogP contribution is 2.22. The Balaban J connectivity index is 3.70. The first kappa shape index (κ1) is 16.0. The van der Waals surface area contributed by atoms with Crippen molar-refractivity contribution in [2.45, 2.75) is 43.1 Å². The molecular formula is C10H17NO2S3. The molecule has 0 heterocycles. The molecule has 0 rings (SSSR count). The molecule has 3 nitrogen and oxygen atoms in total. The first-order chi connectivity index (χ1) is 7.65. The highest BCUT2D eigenvalue weighted by molar-refractivity contribution is 8.69.